The van der Waals surface area contributed by atoms with Gasteiger partial charge in [-0.05, 0) is 43.5 Å². The van der Waals surface area contributed by atoms with Crippen molar-refractivity contribution in [3.63, 3.8) is 0 Å². The first-order chi connectivity index (χ1) is 13.4. The van der Waals surface area contributed by atoms with Crippen LogP contribution in [-0.2, 0) is 11.3 Å². The van der Waals surface area contributed by atoms with E-state index in [1.54, 1.807) is 0 Å². The normalized spacial score (nSPS) is 12.4. The fraction of sp³-hybridized carbons (Fsp3) is 0.571. The highest BCUT2D eigenvalue weighted by atomic mass is 32.2. The number of amides is 1. The minimum atomic E-state index is -0.0230. The molecule has 1 amide bonds. The molecule has 0 aliphatic carbocycles. The molecule has 0 aliphatic heterocycles. The second-order valence-electron chi connectivity index (χ2n) is 7.52. The predicted molar refractivity (Wildman–Crippen MR) is 116 cm³/mol. The minimum absolute atomic E-state index is 0.0230. The van der Waals surface area contributed by atoms with Gasteiger partial charge in [0, 0.05) is 18.7 Å². The SMILES string of the molecule is CCCCn1c(SCC(=O)Nc2ccc(C)c(C)c2)nnc1[C@H](CC)[NH+](C)C. The zero-order valence-corrected chi connectivity index (χ0v) is 18.8. The molecule has 7 heteroatoms. The Morgan fingerprint density at radius 1 is 1.21 bits per heavy atom. The van der Waals surface area contributed by atoms with E-state index in [-0.39, 0.29) is 5.91 Å². The van der Waals surface area contributed by atoms with Gasteiger partial charge >= 0.3 is 0 Å². The van der Waals surface area contributed by atoms with Gasteiger partial charge in [0.25, 0.3) is 0 Å². The molecule has 0 aliphatic rings. The summed E-state index contributed by atoms with van der Waals surface area (Å²) in [5.74, 6) is 1.32. The number of nitrogens with one attached hydrogen (secondary N) is 2. The van der Waals surface area contributed by atoms with E-state index in [1.165, 1.54) is 27.8 Å². The van der Waals surface area contributed by atoms with Crippen molar-refractivity contribution < 1.29 is 9.69 Å². The van der Waals surface area contributed by atoms with Crippen LogP contribution in [0.3, 0.4) is 0 Å². The number of hydrogen-bond acceptors (Lipinski definition) is 4. The number of thioether (sulfide) groups is 1. The Balaban J connectivity index is 2.08. The zero-order valence-electron chi connectivity index (χ0n) is 18.0. The lowest BCUT2D eigenvalue weighted by molar-refractivity contribution is -0.893. The number of carbonyl (C=O) groups is 1. The van der Waals surface area contributed by atoms with Crippen LogP contribution in [-0.4, -0.2) is 40.5 Å². The maximum atomic E-state index is 12.4. The summed E-state index contributed by atoms with van der Waals surface area (Å²) in [6.45, 7) is 9.37. The third kappa shape index (κ3) is 5.82. The average molecular weight is 405 g/mol. The molecule has 6 nitrogen and oxygen atoms in total. The topological polar surface area (TPSA) is 64.2 Å². The minimum Gasteiger partial charge on any atom is -0.331 e. The largest absolute Gasteiger partial charge is 0.331 e. The standard InChI is InChI=1S/C21H33N5OS/c1-7-9-12-26-20(18(8-2)25(5)6)23-24-21(26)28-14-19(27)22-17-11-10-15(3)16(4)13-17/h10-11,13,18H,7-9,12,14H2,1-6H3,(H,22,27)/p+1/t18-/m0/s1. The van der Waals surface area contributed by atoms with Crippen molar-refractivity contribution in [1.29, 1.82) is 0 Å². The second-order valence-corrected chi connectivity index (χ2v) is 8.46. The molecular formula is C21H34N5OS+. The van der Waals surface area contributed by atoms with Crippen LogP contribution < -0.4 is 10.2 Å². The Hall–Kier alpha value is -1.86. The van der Waals surface area contributed by atoms with E-state index in [4.69, 9.17) is 0 Å². The number of hydrogen-bond donors (Lipinski definition) is 2. The fourth-order valence-corrected chi connectivity index (χ4v) is 3.96. The zero-order chi connectivity index (χ0) is 20.7. The maximum Gasteiger partial charge on any atom is 0.234 e. The molecule has 2 aromatic rings. The molecule has 154 valence electrons. The van der Waals surface area contributed by atoms with Gasteiger partial charge in [-0.1, -0.05) is 38.1 Å². The number of anilines is 1. The van der Waals surface area contributed by atoms with Crippen molar-refractivity contribution in [2.45, 2.75) is 64.7 Å². The number of unbranched alkanes of at least 4 members (excludes halogenated alkanes) is 1. The number of nitrogens with zero attached hydrogens (tertiary/aromatic N) is 3. The number of carbonyl (C=O) groups excluding carboxylic acids is 1. The van der Waals surface area contributed by atoms with Gasteiger partial charge in [-0.3, -0.25) is 4.79 Å². The summed E-state index contributed by atoms with van der Waals surface area (Å²) in [5.41, 5.74) is 3.23. The van der Waals surface area contributed by atoms with Crippen molar-refractivity contribution in [2.75, 3.05) is 25.2 Å². The predicted octanol–water partition coefficient (Wildman–Crippen LogP) is 3.02. The summed E-state index contributed by atoms with van der Waals surface area (Å²) in [7, 11) is 4.30. The van der Waals surface area contributed by atoms with Crippen LogP contribution in [0.5, 0.6) is 0 Å². The number of aryl methyl sites for hydroxylation is 2. The van der Waals surface area contributed by atoms with Crippen molar-refractivity contribution in [1.82, 2.24) is 14.8 Å². The molecule has 1 atom stereocenters. The highest BCUT2D eigenvalue weighted by Gasteiger charge is 2.25. The van der Waals surface area contributed by atoms with E-state index in [1.807, 2.05) is 25.1 Å². The van der Waals surface area contributed by atoms with E-state index in [2.05, 4.69) is 54.9 Å². The number of aromatic nitrogens is 3. The van der Waals surface area contributed by atoms with Crippen molar-refractivity contribution in [3.8, 4) is 0 Å². The lowest BCUT2D eigenvalue weighted by Crippen LogP contribution is -3.06. The summed E-state index contributed by atoms with van der Waals surface area (Å²) in [6.07, 6.45) is 3.19. The molecule has 0 radical (unpaired) electrons. The van der Waals surface area contributed by atoms with Gasteiger partial charge in [0.15, 0.2) is 11.0 Å². The molecule has 2 rings (SSSR count). The fourth-order valence-electron chi connectivity index (χ4n) is 3.19. The lowest BCUT2D eigenvalue weighted by atomic mass is 10.1. The second kappa shape index (κ2) is 10.6. The quantitative estimate of drug-likeness (QED) is 0.598. The Morgan fingerprint density at radius 2 is 1.96 bits per heavy atom. The molecule has 0 bridgehead atoms. The molecule has 0 saturated carbocycles. The lowest BCUT2D eigenvalue weighted by Gasteiger charge is -2.20. The highest BCUT2D eigenvalue weighted by Crippen LogP contribution is 2.22. The Morgan fingerprint density at radius 3 is 2.57 bits per heavy atom. The van der Waals surface area contributed by atoms with Gasteiger partial charge in [0.05, 0.1) is 19.8 Å². The van der Waals surface area contributed by atoms with Crippen LogP contribution in [0.4, 0.5) is 5.69 Å². The molecule has 0 spiro atoms. The van der Waals surface area contributed by atoms with Crippen LogP contribution >= 0.6 is 11.8 Å². The molecule has 0 fully saturated rings. The van der Waals surface area contributed by atoms with E-state index in [0.29, 0.717) is 11.8 Å². The van der Waals surface area contributed by atoms with Crippen LogP contribution in [0, 0.1) is 13.8 Å². The van der Waals surface area contributed by atoms with E-state index in [0.717, 1.165) is 42.5 Å². The maximum absolute atomic E-state index is 12.4. The average Bonchev–Trinajstić information content (AvgIpc) is 3.04. The number of rotatable bonds is 10. The monoisotopic (exact) mass is 404 g/mol. The molecule has 0 unspecified atom stereocenters. The first kappa shape index (κ1) is 22.4. The summed E-state index contributed by atoms with van der Waals surface area (Å²) in [5, 5.41) is 12.7. The number of quaternary nitrogens is 1. The molecule has 1 aromatic carbocycles. The van der Waals surface area contributed by atoms with Crippen LogP contribution in [0.25, 0.3) is 0 Å². The van der Waals surface area contributed by atoms with Gasteiger partial charge in [-0.25, -0.2) is 0 Å². The van der Waals surface area contributed by atoms with Crippen LogP contribution in [0.15, 0.2) is 23.4 Å². The molecular weight excluding hydrogens is 370 g/mol. The van der Waals surface area contributed by atoms with E-state index >= 15 is 0 Å². The molecule has 1 heterocycles. The van der Waals surface area contributed by atoms with Gasteiger partial charge in [-0.15, -0.1) is 10.2 Å². The summed E-state index contributed by atoms with van der Waals surface area (Å²) >= 11 is 1.46. The Labute approximate surface area is 173 Å². The summed E-state index contributed by atoms with van der Waals surface area (Å²) < 4.78 is 2.21. The first-order valence-electron chi connectivity index (χ1n) is 10.1. The van der Waals surface area contributed by atoms with E-state index < -0.39 is 0 Å². The van der Waals surface area contributed by atoms with Crippen LogP contribution in [0.2, 0.25) is 0 Å². The number of benzene rings is 1. The van der Waals surface area contributed by atoms with Crippen LogP contribution in [0.1, 0.15) is 56.1 Å². The van der Waals surface area contributed by atoms with Crippen molar-refractivity contribution >= 4 is 23.4 Å². The Bertz CT molecular complexity index is 787. The van der Waals surface area contributed by atoms with Gasteiger partial charge in [0.1, 0.15) is 6.04 Å². The smallest absolute Gasteiger partial charge is 0.234 e. The van der Waals surface area contributed by atoms with Gasteiger partial charge in [0.2, 0.25) is 5.91 Å². The third-order valence-corrected chi connectivity index (χ3v) is 5.99. The Kier molecular flexibility index (Phi) is 8.51. The third-order valence-electron chi connectivity index (χ3n) is 5.02. The van der Waals surface area contributed by atoms with Gasteiger partial charge < -0.3 is 14.8 Å². The van der Waals surface area contributed by atoms with E-state index in [9.17, 15) is 4.79 Å². The van der Waals surface area contributed by atoms with Crippen molar-refractivity contribution in [2.24, 2.45) is 0 Å². The molecule has 28 heavy (non-hydrogen) atoms. The van der Waals surface area contributed by atoms with Gasteiger partial charge in [-0.2, -0.15) is 0 Å². The molecule has 1 aromatic heterocycles. The first-order valence-corrected chi connectivity index (χ1v) is 11.1. The van der Waals surface area contributed by atoms with Crippen molar-refractivity contribution in [3.05, 3.63) is 35.2 Å². The molecule has 2 N–H and O–H groups in total. The summed E-state index contributed by atoms with van der Waals surface area (Å²) in [6, 6.07) is 6.28. The highest BCUT2D eigenvalue weighted by molar-refractivity contribution is 7.99. The summed E-state index contributed by atoms with van der Waals surface area (Å²) in [4.78, 5) is 13.8. The molecule has 0 saturated heterocycles.